The zero-order chi connectivity index (χ0) is 19.8. The average molecular weight is 405 g/mol. The molecule has 0 radical (unpaired) electrons. The summed E-state index contributed by atoms with van der Waals surface area (Å²) in [5.74, 6) is 0.835. The number of carbonyl (C=O) groups is 1. The Bertz CT molecular complexity index is 945. The maximum absolute atomic E-state index is 13.3. The highest BCUT2D eigenvalue weighted by Crippen LogP contribution is 2.29. The molecule has 1 amide bonds. The first-order valence-electron chi connectivity index (χ1n) is 10.1. The van der Waals surface area contributed by atoms with Crippen LogP contribution >= 0.6 is 11.3 Å². The Labute approximate surface area is 168 Å². The molecule has 0 N–H and O–H groups in total. The number of rotatable bonds is 3. The number of ether oxygens (including phenoxy) is 1. The minimum atomic E-state index is -0.00802. The van der Waals surface area contributed by atoms with E-state index < -0.39 is 0 Å². The standard InChI is InChI=1S/C20H28N4O3S/c1-4-13(2)22-6-5-15-21-18-16(19(25)24(15)8-7-22)14(3)17(28-18)20(26)23-9-11-27-12-10-23/h13H,4-12H2,1-3H3. The molecule has 1 unspecified atom stereocenters. The van der Waals surface area contributed by atoms with Crippen molar-refractivity contribution in [3.05, 3.63) is 26.6 Å². The SMILES string of the molecule is CCC(C)N1CCc2nc3sc(C(=O)N4CCOCC4)c(C)c3c(=O)n2CC1. The predicted molar refractivity (Wildman–Crippen MR) is 110 cm³/mol. The maximum atomic E-state index is 13.3. The second-order valence-electron chi connectivity index (χ2n) is 7.67. The van der Waals surface area contributed by atoms with Crippen molar-refractivity contribution in [2.75, 3.05) is 39.4 Å². The van der Waals surface area contributed by atoms with Crippen LogP contribution in [0.1, 0.15) is 41.3 Å². The minimum Gasteiger partial charge on any atom is -0.378 e. The smallest absolute Gasteiger partial charge is 0.264 e. The third-order valence-electron chi connectivity index (χ3n) is 6.07. The number of aryl methyl sites for hydroxylation is 1. The van der Waals surface area contributed by atoms with E-state index >= 15 is 0 Å². The normalized spacial score (nSPS) is 19.5. The fourth-order valence-electron chi connectivity index (χ4n) is 4.08. The van der Waals surface area contributed by atoms with E-state index in [2.05, 4.69) is 18.7 Å². The van der Waals surface area contributed by atoms with E-state index in [1.54, 1.807) is 0 Å². The summed E-state index contributed by atoms with van der Waals surface area (Å²) in [4.78, 5) is 36.6. The molecule has 0 saturated carbocycles. The molecule has 0 bridgehead atoms. The number of fused-ring (bicyclic) bond motifs is 2. The number of nitrogens with zero attached hydrogens (tertiary/aromatic N) is 4. The van der Waals surface area contributed by atoms with Gasteiger partial charge >= 0.3 is 0 Å². The van der Waals surface area contributed by atoms with E-state index in [9.17, 15) is 9.59 Å². The lowest BCUT2D eigenvalue weighted by atomic mass is 10.2. The molecule has 1 atom stereocenters. The van der Waals surface area contributed by atoms with Gasteiger partial charge in [0.25, 0.3) is 11.5 Å². The second-order valence-corrected chi connectivity index (χ2v) is 8.67. The molecule has 1 saturated heterocycles. The summed E-state index contributed by atoms with van der Waals surface area (Å²) in [6, 6.07) is 0.505. The highest BCUT2D eigenvalue weighted by Gasteiger charge is 2.27. The second kappa shape index (κ2) is 7.93. The van der Waals surface area contributed by atoms with Crippen molar-refractivity contribution in [2.24, 2.45) is 0 Å². The summed E-state index contributed by atoms with van der Waals surface area (Å²) in [5, 5.41) is 0.613. The van der Waals surface area contributed by atoms with Gasteiger partial charge in [0.05, 0.1) is 23.5 Å². The van der Waals surface area contributed by atoms with Crippen molar-refractivity contribution >= 4 is 27.5 Å². The van der Waals surface area contributed by atoms with Gasteiger partial charge in [-0.1, -0.05) is 6.92 Å². The predicted octanol–water partition coefficient (Wildman–Crippen LogP) is 1.90. The lowest BCUT2D eigenvalue weighted by Gasteiger charge is -2.26. The van der Waals surface area contributed by atoms with E-state index in [1.165, 1.54) is 11.3 Å². The molecule has 2 aromatic rings. The third-order valence-corrected chi connectivity index (χ3v) is 7.24. The molecule has 0 spiro atoms. The van der Waals surface area contributed by atoms with Gasteiger partial charge in [0, 0.05) is 45.2 Å². The molecule has 8 heteroatoms. The monoisotopic (exact) mass is 404 g/mol. The summed E-state index contributed by atoms with van der Waals surface area (Å²) in [7, 11) is 0. The van der Waals surface area contributed by atoms with E-state index in [0.29, 0.717) is 54.0 Å². The van der Waals surface area contributed by atoms with Gasteiger partial charge in [0.15, 0.2) is 0 Å². The maximum Gasteiger partial charge on any atom is 0.264 e. The number of carbonyl (C=O) groups excluding carboxylic acids is 1. The van der Waals surface area contributed by atoms with E-state index in [0.717, 1.165) is 37.3 Å². The summed E-state index contributed by atoms with van der Waals surface area (Å²) in [5.41, 5.74) is 0.771. The van der Waals surface area contributed by atoms with Gasteiger partial charge in [0.1, 0.15) is 10.7 Å². The number of morpholine rings is 1. The Morgan fingerprint density at radius 3 is 2.68 bits per heavy atom. The summed E-state index contributed by atoms with van der Waals surface area (Å²) >= 11 is 1.36. The van der Waals surface area contributed by atoms with Crippen LogP contribution in [0.4, 0.5) is 0 Å². The van der Waals surface area contributed by atoms with Crippen LogP contribution < -0.4 is 5.56 Å². The lowest BCUT2D eigenvalue weighted by molar-refractivity contribution is 0.0306. The number of aromatic nitrogens is 2. The summed E-state index contributed by atoms with van der Waals surface area (Å²) in [6.07, 6.45) is 1.86. The Kier molecular flexibility index (Phi) is 5.53. The number of amides is 1. The molecule has 152 valence electrons. The Hall–Kier alpha value is -1.77. The van der Waals surface area contributed by atoms with Crippen LogP contribution in [0.25, 0.3) is 10.2 Å². The zero-order valence-corrected chi connectivity index (χ0v) is 17.7. The van der Waals surface area contributed by atoms with E-state index in [4.69, 9.17) is 9.72 Å². The van der Waals surface area contributed by atoms with Crippen LogP contribution in [0.5, 0.6) is 0 Å². The van der Waals surface area contributed by atoms with Crippen LogP contribution in [0.15, 0.2) is 4.79 Å². The van der Waals surface area contributed by atoms with Crippen molar-refractivity contribution in [1.82, 2.24) is 19.4 Å². The highest BCUT2D eigenvalue weighted by molar-refractivity contribution is 7.20. The largest absolute Gasteiger partial charge is 0.378 e. The van der Waals surface area contributed by atoms with Crippen molar-refractivity contribution in [2.45, 2.75) is 46.2 Å². The first kappa shape index (κ1) is 19.5. The zero-order valence-electron chi connectivity index (χ0n) is 16.9. The Morgan fingerprint density at radius 2 is 1.96 bits per heavy atom. The lowest BCUT2D eigenvalue weighted by Crippen LogP contribution is -2.40. The topological polar surface area (TPSA) is 67.7 Å². The van der Waals surface area contributed by atoms with Crippen LogP contribution in [0.3, 0.4) is 0 Å². The Morgan fingerprint density at radius 1 is 1.21 bits per heavy atom. The molecule has 0 aliphatic carbocycles. The van der Waals surface area contributed by atoms with Crippen molar-refractivity contribution in [3.8, 4) is 0 Å². The molecule has 2 aliphatic heterocycles. The summed E-state index contributed by atoms with van der Waals surface area (Å²) in [6.45, 7) is 11.1. The van der Waals surface area contributed by atoms with E-state index in [1.807, 2.05) is 16.4 Å². The molecular weight excluding hydrogens is 376 g/mol. The molecular formula is C20H28N4O3S. The summed E-state index contributed by atoms with van der Waals surface area (Å²) < 4.78 is 7.17. The molecule has 28 heavy (non-hydrogen) atoms. The van der Waals surface area contributed by atoms with E-state index in [-0.39, 0.29) is 11.5 Å². The van der Waals surface area contributed by atoms with Gasteiger partial charge in [-0.15, -0.1) is 11.3 Å². The van der Waals surface area contributed by atoms with Gasteiger partial charge in [-0.05, 0) is 25.8 Å². The van der Waals surface area contributed by atoms with Crippen molar-refractivity contribution < 1.29 is 9.53 Å². The number of thiophene rings is 1. The molecule has 4 rings (SSSR count). The van der Waals surface area contributed by atoms with Crippen LogP contribution in [0, 0.1) is 6.92 Å². The fourth-order valence-corrected chi connectivity index (χ4v) is 5.24. The average Bonchev–Trinajstić information content (AvgIpc) is 2.90. The first-order chi connectivity index (χ1) is 13.5. The first-order valence-corrected chi connectivity index (χ1v) is 11.0. The van der Waals surface area contributed by atoms with Crippen LogP contribution in [0.2, 0.25) is 0 Å². The highest BCUT2D eigenvalue weighted by atomic mass is 32.1. The van der Waals surface area contributed by atoms with Gasteiger partial charge in [-0.25, -0.2) is 4.98 Å². The Balaban J connectivity index is 1.70. The molecule has 0 aromatic carbocycles. The number of hydrogen-bond donors (Lipinski definition) is 0. The minimum absolute atomic E-state index is 0.000721. The third kappa shape index (κ3) is 3.38. The molecule has 2 aliphatic rings. The van der Waals surface area contributed by atoms with Crippen LogP contribution in [-0.2, 0) is 17.7 Å². The van der Waals surface area contributed by atoms with Crippen molar-refractivity contribution in [1.29, 1.82) is 0 Å². The van der Waals surface area contributed by atoms with Crippen LogP contribution in [-0.4, -0.2) is 70.7 Å². The molecule has 7 nitrogen and oxygen atoms in total. The number of hydrogen-bond acceptors (Lipinski definition) is 6. The van der Waals surface area contributed by atoms with Gasteiger partial charge in [0.2, 0.25) is 0 Å². The quantitative estimate of drug-likeness (QED) is 0.782. The fraction of sp³-hybridized carbons (Fsp3) is 0.650. The molecule has 4 heterocycles. The van der Waals surface area contributed by atoms with Gasteiger partial charge in [-0.3, -0.25) is 19.1 Å². The van der Waals surface area contributed by atoms with Gasteiger partial charge < -0.3 is 9.64 Å². The van der Waals surface area contributed by atoms with Gasteiger partial charge in [-0.2, -0.15) is 0 Å². The van der Waals surface area contributed by atoms with Crippen molar-refractivity contribution in [3.63, 3.8) is 0 Å². The molecule has 2 aromatic heterocycles. The molecule has 1 fully saturated rings.